The molecule has 146 valence electrons. The maximum Gasteiger partial charge on any atom is 0.257 e. The molecule has 0 aromatic carbocycles. The molecule has 7 nitrogen and oxygen atoms in total. The summed E-state index contributed by atoms with van der Waals surface area (Å²) in [6, 6.07) is 1.97. The van der Waals surface area contributed by atoms with Crippen molar-refractivity contribution in [3.63, 3.8) is 0 Å². The van der Waals surface area contributed by atoms with Gasteiger partial charge in [0.1, 0.15) is 5.76 Å². The lowest BCUT2D eigenvalue weighted by Gasteiger charge is -2.34. The Kier molecular flexibility index (Phi) is 5.04. The van der Waals surface area contributed by atoms with Crippen LogP contribution in [-0.4, -0.2) is 56.8 Å². The van der Waals surface area contributed by atoms with E-state index in [0.717, 1.165) is 62.0 Å². The van der Waals surface area contributed by atoms with E-state index in [-0.39, 0.29) is 5.91 Å². The number of hydrogen-bond donors (Lipinski definition) is 0. The molecule has 0 unspecified atom stereocenters. The van der Waals surface area contributed by atoms with Crippen molar-refractivity contribution in [2.75, 3.05) is 26.2 Å². The quantitative estimate of drug-likeness (QED) is 0.781. The number of amides is 1. The second-order valence-corrected chi connectivity index (χ2v) is 8.29. The minimum absolute atomic E-state index is 0.142. The van der Waals surface area contributed by atoms with Gasteiger partial charge in [-0.25, -0.2) is 0 Å². The molecule has 2 aliphatic rings. The maximum atomic E-state index is 13.1. The third-order valence-corrected chi connectivity index (χ3v) is 5.33. The van der Waals surface area contributed by atoms with Crippen LogP contribution >= 0.6 is 0 Å². The molecule has 0 bridgehead atoms. The van der Waals surface area contributed by atoms with E-state index in [4.69, 9.17) is 4.52 Å². The first-order valence-electron chi connectivity index (χ1n) is 10.0. The standard InChI is InChI=1S/C20H29N5O2/c1-14(2)12-25-19(16-4-5-16)18(11-21-25)20(26)24-8-6-23(7-9-24)13-17-10-15(3)27-22-17/h10-11,14,16H,4-9,12-13H2,1-3H3. The Bertz CT molecular complexity index is 797. The van der Waals surface area contributed by atoms with E-state index in [9.17, 15) is 4.79 Å². The first kappa shape index (κ1) is 18.2. The van der Waals surface area contributed by atoms with Crippen LogP contribution in [0.4, 0.5) is 0 Å². The molecular weight excluding hydrogens is 342 g/mol. The van der Waals surface area contributed by atoms with Crippen LogP contribution in [-0.2, 0) is 13.1 Å². The third-order valence-electron chi connectivity index (χ3n) is 5.33. The molecule has 2 fully saturated rings. The van der Waals surface area contributed by atoms with Crippen molar-refractivity contribution in [2.45, 2.75) is 52.6 Å². The minimum Gasteiger partial charge on any atom is -0.361 e. The molecule has 27 heavy (non-hydrogen) atoms. The molecule has 0 spiro atoms. The first-order valence-corrected chi connectivity index (χ1v) is 10.0. The lowest BCUT2D eigenvalue weighted by atomic mass is 10.1. The zero-order valence-corrected chi connectivity index (χ0v) is 16.5. The third kappa shape index (κ3) is 4.08. The molecule has 2 aromatic heterocycles. The summed E-state index contributed by atoms with van der Waals surface area (Å²) in [5.41, 5.74) is 2.94. The molecule has 4 rings (SSSR count). The average molecular weight is 371 g/mol. The number of piperazine rings is 1. The number of nitrogens with zero attached hydrogens (tertiary/aromatic N) is 5. The first-order chi connectivity index (χ1) is 13.0. The Morgan fingerprint density at radius 3 is 2.59 bits per heavy atom. The number of aryl methyl sites for hydroxylation is 1. The van der Waals surface area contributed by atoms with Gasteiger partial charge in [-0.1, -0.05) is 19.0 Å². The summed E-state index contributed by atoms with van der Waals surface area (Å²) in [5.74, 6) is 2.02. The number of carbonyl (C=O) groups is 1. The normalized spacial score (nSPS) is 18.4. The zero-order valence-electron chi connectivity index (χ0n) is 16.5. The van der Waals surface area contributed by atoms with Gasteiger partial charge < -0.3 is 9.42 Å². The number of aromatic nitrogens is 3. The summed E-state index contributed by atoms with van der Waals surface area (Å²) in [7, 11) is 0. The summed E-state index contributed by atoms with van der Waals surface area (Å²) in [6.45, 7) is 11.1. The lowest BCUT2D eigenvalue weighted by molar-refractivity contribution is 0.0624. The SMILES string of the molecule is Cc1cc(CN2CCN(C(=O)c3cnn(CC(C)C)c3C3CC3)CC2)no1. The highest BCUT2D eigenvalue weighted by Gasteiger charge is 2.34. The fraction of sp³-hybridized carbons (Fsp3) is 0.650. The van der Waals surface area contributed by atoms with E-state index < -0.39 is 0 Å². The van der Waals surface area contributed by atoms with Gasteiger partial charge in [0.2, 0.25) is 0 Å². The molecule has 1 aliphatic heterocycles. The smallest absolute Gasteiger partial charge is 0.257 e. The van der Waals surface area contributed by atoms with Gasteiger partial charge in [-0.3, -0.25) is 14.4 Å². The van der Waals surface area contributed by atoms with Crippen LogP contribution in [0.5, 0.6) is 0 Å². The van der Waals surface area contributed by atoms with Crippen molar-refractivity contribution in [1.29, 1.82) is 0 Å². The Morgan fingerprint density at radius 1 is 1.26 bits per heavy atom. The number of hydrogen-bond acceptors (Lipinski definition) is 5. The van der Waals surface area contributed by atoms with E-state index in [1.54, 1.807) is 6.20 Å². The molecule has 0 N–H and O–H groups in total. The number of carbonyl (C=O) groups excluding carboxylic acids is 1. The van der Waals surface area contributed by atoms with Crippen molar-refractivity contribution in [1.82, 2.24) is 24.7 Å². The highest BCUT2D eigenvalue weighted by atomic mass is 16.5. The Labute approximate surface area is 160 Å². The molecule has 2 aromatic rings. The average Bonchev–Trinajstić information content (AvgIpc) is 3.27. The molecule has 1 saturated heterocycles. The van der Waals surface area contributed by atoms with Gasteiger partial charge in [-0.15, -0.1) is 0 Å². The molecule has 1 amide bonds. The summed E-state index contributed by atoms with van der Waals surface area (Å²) < 4.78 is 7.21. The lowest BCUT2D eigenvalue weighted by Crippen LogP contribution is -2.48. The summed E-state index contributed by atoms with van der Waals surface area (Å²) >= 11 is 0. The summed E-state index contributed by atoms with van der Waals surface area (Å²) in [4.78, 5) is 17.5. The van der Waals surface area contributed by atoms with Crippen molar-refractivity contribution < 1.29 is 9.32 Å². The van der Waals surface area contributed by atoms with Crippen LogP contribution in [0.2, 0.25) is 0 Å². The highest BCUT2D eigenvalue weighted by Crippen LogP contribution is 2.42. The Hall–Kier alpha value is -2.15. The van der Waals surface area contributed by atoms with Crippen LogP contribution in [0.1, 0.15) is 60.1 Å². The van der Waals surface area contributed by atoms with Gasteiger partial charge in [0.05, 0.1) is 23.1 Å². The fourth-order valence-electron chi connectivity index (χ4n) is 3.84. The number of rotatable bonds is 6. The predicted octanol–water partition coefficient (Wildman–Crippen LogP) is 2.67. The topological polar surface area (TPSA) is 67.4 Å². The second kappa shape index (κ2) is 7.46. The van der Waals surface area contributed by atoms with Crippen LogP contribution in [0.25, 0.3) is 0 Å². The van der Waals surface area contributed by atoms with Crippen molar-refractivity contribution in [3.8, 4) is 0 Å². The maximum absolute atomic E-state index is 13.1. The highest BCUT2D eigenvalue weighted by molar-refractivity contribution is 5.95. The van der Waals surface area contributed by atoms with E-state index >= 15 is 0 Å². The largest absolute Gasteiger partial charge is 0.361 e. The minimum atomic E-state index is 0.142. The molecule has 3 heterocycles. The summed E-state index contributed by atoms with van der Waals surface area (Å²) in [5, 5.41) is 8.61. The van der Waals surface area contributed by atoms with Crippen LogP contribution in [0, 0.1) is 12.8 Å². The van der Waals surface area contributed by atoms with Crippen LogP contribution in [0.15, 0.2) is 16.8 Å². The van der Waals surface area contributed by atoms with Crippen LogP contribution in [0.3, 0.4) is 0 Å². The van der Waals surface area contributed by atoms with Gasteiger partial charge in [0.15, 0.2) is 0 Å². The van der Waals surface area contributed by atoms with Gasteiger partial charge in [0.25, 0.3) is 5.91 Å². The second-order valence-electron chi connectivity index (χ2n) is 8.29. The molecule has 0 atom stereocenters. The van der Waals surface area contributed by atoms with E-state index in [1.165, 1.54) is 12.8 Å². The summed E-state index contributed by atoms with van der Waals surface area (Å²) in [6.07, 6.45) is 4.15. The van der Waals surface area contributed by atoms with Crippen molar-refractivity contribution in [3.05, 3.63) is 35.0 Å². The van der Waals surface area contributed by atoms with Crippen molar-refractivity contribution in [2.24, 2.45) is 5.92 Å². The molecule has 1 saturated carbocycles. The van der Waals surface area contributed by atoms with Gasteiger partial charge >= 0.3 is 0 Å². The monoisotopic (exact) mass is 371 g/mol. The van der Waals surface area contributed by atoms with E-state index in [2.05, 4.69) is 33.7 Å². The predicted molar refractivity (Wildman–Crippen MR) is 101 cm³/mol. The van der Waals surface area contributed by atoms with Crippen LogP contribution < -0.4 is 0 Å². The van der Waals surface area contributed by atoms with E-state index in [0.29, 0.717) is 11.8 Å². The zero-order chi connectivity index (χ0) is 19.0. The van der Waals surface area contributed by atoms with Crippen molar-refractivity contribution >= 4 is 5.91 Å². The van der Waals surface area contributed by atoms with Gasteiger partial charge in [0, 0.05) is 51.3 Å². The van der Waals surface area contributed by atoms with Gasteiger partial charge in [-0.2, -0.15) is 5.10 Å². The Balaban J connectivity index is 1.40. The van der Waals surface area contributed by atoms with E-state index in [1.807, 2.05) is 17.9 Å². The fourth-order valence-corrected chi connectivity index (χ4v) is 3.84. The van der Waals surface area contributed by atoms with Gasteiger partial charge in [-0.05, 0) is 25.7 Å². The molecule has 0 radical (unpaired) electrons. The Morgan fingerprint density at radius 2 is 2.00 bits per heavy atom. The molecule has 1 aliphatic carbocycles. The molecular formula is C20H29N5O2. The molecule has 7 heteroatoms.